The van der Waals surface area contributed by atoms with E-state index in [4.69, 9.17) is 9.47 Å². The van der Waals surface area contributed by atoms with Crippen LogP contribution in [0.4, 0.5) is 4.79 Å². The molecule has 2 amide bonds. The van der Waals surface area contributed by atoms with Crippen molar-refractivity contribution in [1.82, 2.24) is 10.6 Å². The quantitative estimate of drug-likeness (QED) is 0.275. The van der Waals surface area contributed by atoms with Crippen LogP contribution >= 0.6 is 0 Å². The van der Waals surface area contributed by atoms with Gasteiger partial charge in [0, 0.05) is 12.0 Å². The molecule has 0 spiro atoms. The number of amides is 2. The molecule has 2 aliphatic rings. The Morgan fingerprint density at radius 2 is 1.50 bits per heavy atom. The van der Waals surface area contributed by atoms with Crippen LogP contribution in [-0.4, -0.2) is 47.9 Å². The van der Waals surface area contributed by atoms with Crippen LogP contribution < -0.4 is 10.6 Å². The zero-order chi connectivity index (χ0) is 29.5. The normalized spacial score (nSPS) is 19.2. The minimum absolute atomic E-state index is 0.00448. The summed E-state index contributed by atoms with van der Waals surface area (Å²) in [6.45, 7) is 2.13. The van der Waals surface area contributed by atoms with Gasteiger partial charge in [-0.25, -0.2) is 4.79 Å². The number of benzene rings is 3. The summed E-state index contributed by atoms with van der Waals surface area (Å²) in [6, 6.07) is 24.5. The first-order chi connectivity index (χ1) is 20.4. The number of fused-ring (bicyclic) bond motifs is 3. The number of hydrogen-bond donors (Lipinski definition) is 3. The number of aliphatic carboxylic acids is 1. The molecule has 3 aromatic carbocycles. The van der Waals surface area contributed by atoms with Crippen molar-refractivity contribution in [2.45, 2.75) is 69.7 Å². The Kier molecular flexibility index (Phi) is 9.54. The largest absolute Gasteiger partial charge is 0.481 e. The van der Waals surface area contributed by atoms with E-state index in [9.17, 15) is 19.5 Å². The van der Waals surface area contributed by atoms with Crippen molar-refractivity contribution in [3.63, 3.8) is 0 Å². The summed E-state index contributed by atoms with van der Waals surface area (Å²) in [4.78, 5) is 38.2. The van der Waals surface area contributed by atoms with Crippen molar-refractivity contribution in [3.05, 3.63) is 95.6 Å². The summed E-state index contributed by atoms with van der Waals surface area (Å²) >= 11 is 0. The number of alkyl carbamates (subject to hydrolysis) is 1. The number of hydrogen-bond acceptors (Lipinski definition) is 5. The van der Waals surface area contributed by atoms with Gasteiger partial charge in [0.15, 0.2) is 0 Å². The first-order valence-electron chi connectivity index (χ1n) is 14.7. The average Bonchev–Trinajstić information content (AvgIpc) is 3.32. The number of rotatable bonds is 11. The fourth-order valence-corrected chi connectivity index (χ4v) is 6.20. The van der Waals surface area contributed by atoms with Gasteiger partial charge in [0.2, 0.25) is 5.91 Å². The van der Waals surface area contributed by atoms with Gasteiger partial charge in [-0.2, -0.15) is 0 Å². The Labute approximate surface area is 246 Å². The topological polar surface area (TPSA) is 114 Å². The first-order valence-corrected chi connectivity index (χ1v) is 14.7. The Morgan fingerprint density at radius 1 is 0.881 bits per heavy atom. The molecule has 42 heavy (non-hydrogen) atoms. The second-order valence-corrected chi connectivity index (χ2v) is 11.2. The molecule has 3 aromatic rings. The summed E-state index contributed by atoms with van der Waals surface area (Å²) in [6.07, 6.45) is 1.89. The van der Waals surface area contributed by atoms with Crippen LogP contribution in [-0.2, 0) is 25.7 Å². The van der Waals surface area contributed by atoms with E-state index in [1.807, 2.05) is 54.6 Å². The predicted octanol–water partition coefficient (Wildman–Crippen LogP) is 5.65. The molecule has 1 saturated carbocycles. The highest BCUT2D eigenvalue weighted by Crippen LogP contribution is 2.44. The van der Waals surface area contributed by atoms with Crippen LogP contribution in [0, 0.1) is 5.92 Å². The van der Waals surface area contributed by atoms with Crippen LogP contribution in [0.15, 0.2) is 78.9 Å². The van der Waals surface area contributed by atoms with Gasteiger partial charge < -0.3 is 25.2 Å². The Balaban J connectivity index is 1.27. The molecule has 0 radical (unpaired) electrons. The molecule has 3 N–H and O–H groups in total. The molecule has 220 valence electrons. The molecule has 0 heterocycles. The summed E-state index contributed by atoms with van der Waals surface area (Å²) in [7, 11) is 0. The van der Waals surface area contributed by atoms with Crippen molar-refractivity contribution in [2.24, 2.45) is 5.92 Å². The maximum atomic E-state index is 13.6. The van der Waals surface area contributed by atoms with Crippen molar-refractivity contribution in [1.29, 1.82) is 0 Å². The van der Waals surface area contributed by atoms with E-state index >= 15 is 0 Å². The molecule has 0 unspecified atom stereocenters. The molecule has 0 aliphatic heterocycles. The SMILES string of the molecule is C[C@H](OCc1ccccc1)[C@@H](NC(=O)OCC1c2ccccc2-c2ccccc21)C(=O)N[C@@H]1CCCC[C@@H]1CC(=O)O. The molecule has 5 rings (SSSR count). The zero-order valence-electron chi connectivity index (χ0n) is 23.8. The van der Waals surface area contributed by atoms with Gasteiger partial charge >= 0.3 is 12.1 Å². The zero-order valence-corrected chi connectivity index (χ0v) is 23.8. The number of carbonyl (C=O) groups excluding carboxylic acids is 2. The monoisotopic (exact) mass is 570 g/mol. The van der Waals surface area contributed by atoms with Crippen molar-refractivity contribution in [3.8, 4) is 11.1 Å². The van der Waals surface area contributed by atoms with Crippen LogP contribution in [0.2, 0.25) is 0 Å². The Bertz CT molecular complexity index is 1350. The summed E-state index contributed by atoms with van der Waals surface area (Å²) < 4.78 is 11.8. The van der Waals surface area contributed by atoms with E-state index in [1.54, 1.807) is 6.92 Å². The Morgan fingerprint density at radius 3 is 2.17 bits per heavy atom. The lowest BCUT2D eigenvalue weighted by atomic mass is 9.82. The summed E-state index contributed by atoms with van der Waals surface area (Å²) in [5.74, 6) is -1.56. The second-order valence-electron chi connectivity index (χ2n) is 11.2. The fraction of sp³-hybridized carbons (Fsp3) is 0.382. The lowest BCUT2D eigenvalue weighted by Gasteiger charge is -2.33. The second kappa shape index (κ2) is 13.7. The van der Waals surface area contributed by atoms with Gasteiger partial charge in [-0.1, -0.05) is 91.7 Å². The smallest absolute Gasteiger partial charge is 0.407 e. The average molecular weight is 571 g/mol. The van der Waals surface area contributed by atoms with Crippen molar-refractivity contribution in [2.75, 3.05) is 6.61 Å². The van der Waals surface area contributed by atoms with E-state index in [2.05, 4.69) is 34.9 Å². The number of nitrogens with one attached hydrogen (secondary N) is 2. The van der Waals surface area contributed by atoms with E-state index in [0.29, 0.717) is 6.42 Å². The number of ether oxygens (including phenoxy) is 2. The molecule has 4 atom stereocenters. The first kappa shape index (κ1) is 29.3. The minimum atomic E-state index is -1.03. The molecular formula is C34H38N2O6. The maximum Gasteiger partial charge on any atom is 0.407 e. The molecule has 0 bridgehead atoms. The van der Waals surface area contributed by atoms with Crippen LogP contribution in [0.1, 0.15) is 61.6 Å². The molecule has 2 aliphatic carbocycles. The van der Waals surface area contributed by atoms with Crippen LogP contribution in [0.5, 0.6) is 0 Å². The molecule has 0 saturated heterocycles. The number of carboxylic acid groups (broad SMARTS) is 1. The van der Waals surface area contributed by atoms with Gasteiger partial charge in [0.1, 0.15) is 12.6 Å². The van der Waals surface area contributed by atoms with Gasteiger partial charge in [0.25, 0.3) is 0 Å². The van der Waals surface area contributed by atoms with Gasteiger partial charge in [-0.3, -0.25) is 9.59 Å². The highest BCUT2D eigenvalue weighted by Gasteiger charge is 2.35. The lowest BCUT2D eigenvalue weighted by molar-refractivity contribution is -0.139. The molecule has 1 fully saturated rings. The maximum absolute atomic E-state index is 13.6. The van der Waals surface area contributed by atoms with E-state index in [1.165, 1.54) is 0 Å². The molecular weight excluding hydrogens is 532 g/mol. The molecule has 8 heteroatoms. The van der Waals surface area contributed by atoms with E-state index in [-0.39, 0.29) is 37.5 Å². The van der Waals surface area contributed by atoms with Gasteiger partial charge in [0.05, 0.1) is 19.1 Å². The van der Waals surface area contributed by atoms with Crippen LogP contribution in [0.25, 0.3) is 11.1 Å². The number of carbonyl (C=O) groups is 3. The standard InChI is InChI=1S/C34H38N2O6/c1-22(41-20-23-11-3-2-4-12-23)32(33(39)35-30-18-10-5-13-24(30)19-31(37)38)36-34(40)42-21-29-27-16-8-6-14-25(27)26-15-7-9-17-28(26)29/h2-4,6-9,11-12,14-17,22,24,29-30,32H,5,10,13,18-21H2,1H3,(H,35,39)(H,36,40)(H,37,38)/t22-,24+,30+,32+/m0/s1. The predicted molar refractivity (Wildman–Crippen MR) is 159 cm³/mol. The van der Waals surface area contributed by atoms with E-state index in [0.717, 1.165) is 47.1 Å². The highest BCUT2D eigenvalue weighted by atomic mass is 16.5. The third-order valence-corrected chi connectivity index (χ3v) is 8.40. The number of carboxylic acids is 1. The van der Waals surface area contributed by atoms with Gasteiger partial charge in [-0.05, 0) is 53.5 Å². The Hall–Kier alpha value is -4.17. The van der Waals surface area contributed by atoms with E-state index < -0.39 is 30.1 Å². The molecule has 0 aromatic heterocycles. The van der Waals surface area contributed by atoms with Crippen LogP contribution in [0.3, 0.4) is 0 Å². The summed E-state index contributed by atoms with van der Waals surface area (Å²) in [5.41, 5.74) is 5.40. The van der Waals surface area contributed by atoms with Gasteiger partial charge in [-0.15, -0.1) is 0 Å². The third-order valence-electron chi connectivity index (χ3n) is 8.40. The van der Waals surface area contributed by atoms with Crippen molar-refractivity contribution < 1.29 is 29.0 Å². The summed E-state index contributed by atoms with van der Waals surface area (Å²) in [5, 5.41) is 15.2. The highest BCUT2D eigenvalue weighted by molar-refractivity contribution is 5.86. The third kappa shape index (κ3) is 6.99. The minimum Gasteiger partial charge on any atom is -0.481 e. The molecule has 8 nitrogen and oxygen atoms in total. The lowest BCUT2D eigenvalue weighted by Crippen LogP contribution is -2.56. The van der Waals surface area contributed by atoms with Crippen molar-refractivity contribution >= 4 is 18.0 Å². The fourth-order valence-electron chi connectivity index (χ4n) is 6.20.